The van der Waals surface area contributed by atoms with Crippen molar-refractivity contribution in [2.45, 2.75) is 26.7 Å². The van der Waals surface area contributed by atoms with E-state index < -0.39 is 0 Å². The van der Waals surface area contributed by atoms with Gasteiger partial charge in [-0.2, -0.15) is 0 Å². The van der Waals surface area contributed by atoms with Gasteiger partial charge in [-0.1, -0.05) is 12.1 Å². The molecule has 0 unspecified atom stereocenters. The zero-order chi connectivity index (χ0) is 17.0. The number of likely N-dealkylation sites (tertiary alicyclic amines) is 1. The van der Waals surface area contributed by atoms with Crippen molar-refractivity contribution in [1.29, 1.82) is 0 Å². The van der Waals surface area contributed by atoms with E-state index >= 15 is 0 Å². The van der Waals surface area contributed by atoms with E-state index in [-0.39, 0.29) is 24.3 Å². The molecule has 23 heavy (non-hydrogen) atoms. The Labute approximate surface area is 138 Å². The zero-order valence-electron chi connectivity index (χ0n) is 14.5. The number of rotatable bonds is 4. The minimum atomic E-state index is -0.0124. The zero-order valence-corrected chi connectivity index (χ0v) is 14.5. The molecule has 0 radical (unpaired) electrons. The van der Waals surface area contributed by atoms with E-state index in [2.05, 4.69) is 0 Å². The number of nitrogens with zero attached hydrogens (tertiary/aromatic N) is 2. The molecule has 1 aliphatic heterocycles. The number of benzene rings is 1. The summed E-state index contributed by atoms with van der Waals surface area (Å²) in [7, 11) is 3.55. The Morgan fingerprint density at radius 3 is 2.48 bits per heavy atom. The summed E-state index contributed by atoms with van der Waals surface area (Å²) in [4.78, 5) is 27.7. The van der Waals surface area contributed by atoms with Gasteiger partial charge in [-0.15, -0.1) is 0 Å². The molecule has 1 aromatic rings. The molecule has 1 aromatic carbocycles. The molecule has 0 aromatic heterocycles. The lowest BCUT2D eigenvalue weighted by atomic mass is 9.95. The third-order valence-corrected chi connectivity index (χ3v) is 4.33. The highest BCUT2D eigenvalue weighted by atomic mass is 16.5. The normalized spacial score (nSPS) is 15.4. The number of aryl methyl sites for hydroxylation is 2. The van der Waals surface area contributed by atoms with Crippen LogP contribution in [0.5, 0.6) is 5.75 Å². The second-order valence-electron chi connectivity index (χ2n) is 6.45. The number of carbonyl (C=O) groups is 2. The summed E-state index contributed by atoms with van der Waals surface area (Å²) in [5, 5.41) is 0. The summed E-state index contributed by atoms with van der Waals surface area (Å²) >= 11 is 0. The predicted octanol–water partition coefficient (Wildman–Crippen LogP) is 2.01. The van der Waals surface area contributed by atoms with Crippen LogP contribution in [0.25, 0.3) is 0 Å². The van der Waals surface area contributed by atoms with Gasteiger partial charge in [-0.25, -0.2) is 0 Å². The predicted molar refractivity (Wildman–Crippen MR) is 89.4 cm³/mol. The Kier molecular flexibility index (Phi) is 5.64. The molecule has 5 nitrogen and oxygen atoms in total. The van der Waals surface area contributed by atoms with Gasteiger partial charge in [0, 0.05) is 33.1 Å². The fourth-order valence-corrected chi connectivity index (χ4v) is 2.83. The molecule has 0 bridgehead atoms. The first-order valence-electron chi connectivity index (χ1n) is 8.07. The summed E-state index contributed by atoms with van der Waals surface area (Å²) in [5.74, 6) is 0.940. The summed E-state index contributed by atoms with van der Waals surface area (Å²) in [6.45, 7) is 5.27. The molecule has 2 rings (SSSR count). The Balaban J connectivity index is 1.83. The number of carbonyl (C=O) groups excluding carboxylic acids is 2. The quantitative estimate of drug-likeness (QED) is 0.853. The van der Waals surface area contributed by atoms with Crippen LogP contribution in [-0.2, 0) is 9.59 Å². The van der Waals surface area contributed by atoms with Gasteiger partial charge in [0.15, 0.2) is 6.61 Å². The van der Waals surface area contributed by atoms with Crippen molar-refractivity contribution in [2.75, 3.05) is 33.8 Å². The highest BCUT2D eigenvalue weighted by molar-refractivity contribution is 5.80. The maximum atomic E-state index is 12.3. The molecule has 0 spiro atoms. The van der Waals surface area contributed by atoms with Crippen molar-refractivity contribution in [1.82, 2.24) is 9.80 Å². The van der Waals surface area contributed by atoms with Crippen molar-refractivity contribution in [3.05, 3.63) is 29.3 Å². The third kappa shape index (κ3) is 4.47. The minimum Gasteiger partial charge on any atom is -0.483 e. The number of hydrogen-bond acceptors (Lipinski definition) is 3. The number of piperidine rings is 1. The van der Waals surface area contributed by atoms with Crippen molar-refractivity contribution in [3.63, 3.8) is 0 Å². The van der Waals surface area contributed by atoms with E-state index in [4.69, 9.17) is 4.74 Å². The van der Waals surface area contributed by atoms with Gasteiger partial charge in [-0.05, 0) is 43.9 Å². The number of amides is 2. The van der Waals surface area contributed by atoms with Crippen LogP contribution in [0.2, 0.25) is 0 Å². The molecule has 5 heteroatoms. The molecular weight excluding hydrogens is 292 g/mol. The van der Waals surface area contributed by atoms with Crippen LogP contribution in [0.4, 0.5) is 0 Å². The lowest BCUT2D eigenvalue weighted by molar-refractivity contribution is -0.140. The average molecular weight is 318 g/mol. The van der Waals surface area contributed by atoms with Gasteiger partial charge in [-0.3, -0.25) is 9.59 Å². The summed E-state index contributed by atoms with van der Waals surface area (Å²) in [6.07, 6.45) is 1.46. The Morgan fingerprint density at radius 2 is 1.87 bits per heavy atom. The standard InChI is InChI=1S/C18H26N2O3/c1-13-5-6-14(2)16(11-13)23-12-17(21)20-9-7-15(8-10-20)18(22)19(3)4/h5-6,11,15H,7-10,12H2,1-4H3. The summed E-state index contributed by atoms with van der Waals surface area (Å²) in [6, 6.07) is 5.97. The van der Waals surface area contributed by atoms with Gasteiger partial charge < -0.3 is 14.5 Å². The SMILES string of the molecule is Cc1ccc(C)c(OCC(=O)N2CCC(C(=O)N(C)C)CC2)c1. The molecule has 1 fully saturated rings. The van der Waals surface area contributed by atoms with Crippen molar-refractivity contribution >= 4 is 11.8 Å². The lowest BCUT2D eigenvalue weighted by Crippen LogP contribution is -2.44. The molecule has 0 saturated carbocycles. The molecule has 0 aliphatic carbocycles. The molecule has 1 aliphatic rings. The number of ether oxygens (including phenoxy) is 1. The van der Waals surface area contributed by atoms with Crippen LogP contribution in [0, 0.1) is 19.8 Å². The van der Waals surface area contributed by atoms with Crippen molar-refractivity contribution in [2.24, 2.45) is 5.92 Å². The molecule has 2 amide bonds. The smallest absolute Gasteiger partial charge is 0.260 e. The molecule has 0 N–H and O–H groups in total. The van der Waals surface area contributed by atoms with E-state index in [1.54, 1.807) is 23.9 Å². The molecule has 1 heterocycles. The topological polar surface area (TPSA) is 49.9 Å². The van der Waals surface area contributed by atoms with E-state index in [0.717, 1.165) is 29.7 Å². The molecule has 0 atom stereocenters. The fraction of sp³-hybridized carbons (Fsp3) is 0.556. The molecule has 126 valence electrons. The van der Waals surface area contributed by atoms with E-state index in [9.17, 15) is 9.59 Å². The van der Waals surface area contributed by atoms with Crippen LogP contribution in [-0.4, -0.2) is 55.4 Å². The lowest BCUT2D eigenvalue weighted by Gasteiger charge is -2.32. The van der Waals surface area contributed by atoms with Crippen molar-refractivity contribution in [3.8, 4) is 5.75 Å². The maximum Gasteiger partial charge on any atom is 0.260 e. The van der Waals surface area contributed by atoms with Gasteiger partial charge in [0.25, 0.3) is 5.91 Å². The summed E-state index contributed by atoms with van der Waals surface area (Å²) < 4.78 is 5.68. The van der Waals surface area contributed by atoms with Gasteiger partial charge in [0.1, 0.15) is 5.75 Å². The maximum absolute atomic E-state index is 12.3. The van der Waals surface area contributed by atoms with Gasteiger partial charge in [0.2, 0.25) is 5.91 Å². The van der Waals surface area contributed by atoms with Crippen LogP contribution in [0.3, 0.4) is 0 Å². The van der Waals surface area contributed by atoms with Gasteiger partial charge in [0.05, 0.1) is 0 Å². The Bertz CT molecular complexity index is 576. The Morgan fingerprint density at radius 1 is 1.22 bits per heavy atom. The van der Waals surface area contributed by atoms with E-state index in [1.165, 1.54) is 0 Å². The first-order chi connectivity index (χ1) is 10.9. The average Bonchev–Trinajstić information content (AvgIpc) is 2.54. The van der Waals surface area contributed by atoms with Crippen LogP contribution >= 0.6 is 0 Å². The highest BCUT2D eigenvalue weighted by Gasteiger charge is 2.28. The third-order valence-electron chi connectivity index (χ3n) is 4.33. The van der Waals surface area contributed by atoms with Gasteiger partial charge >= 0.3 is 0 Å². The minimum absolute atomic E-state index is 0.0124. The molecule has 1 saturated heterocycles. The van der Waals surface area contributed by atoms with Crippen molar-refractivity contribution < 1.29 is 14.3 Å². The second kappa shape index (κ2) is 7.49. The largest absolute Gasteiger partial charge is 0.483 e. The number of hydrogen-bond donors (Lipinski definition) is 0. The fourth-order valence-electron chi connectivity index (χ4n) is 2.83. The Hall–Kier alpha value is -2.04. The van der Waals surface area contributed by atoms with Crippen LogP contribution < -0.4 is 4.74 Å². The summed E-state index contributed by atoms with van der Waals surface area (Å²) in [5.41, 5.74) is 2.14. The van der Waals surface area contributed by atoms with E-state index in [1.807, 2.05) is 32.0 Å². The van der Waals surface area contributed by atoms with E-state index in [0.29, 0.717) is 13.1 Å². The first kappa shape index (κ1) is 17.3. The second-order valence-corrected chi connectivity index (χ2v) is 6.45. The van der Waals surface area contributed by atoms with Crippen LogP contribution in [0.15, 0.2) is 18.2 Å². The molecular formula is C18H26N2O3. The monoisotopic (exact) mass is 318 g/mol. The van der Waals surface area contributed by atoms with Crippen LogP contribution in [0.1, 0.15) is 24.0 Å². The first-order valence-corrected chi connectivity index (χ1v) is 8.07. The highest BCUT2D eigenvalue weighted by Crippen LogP contribution is 2.21.